The van der Waals surface area contributed by atoms with Gasteiger partial charge in [0.1, 0.15) is 11.6 Å². The number of nitrogens with zero attached hydrogens (tertiary/aromatic N) is 1. The Morgan fingerprint density at radius 2 is 1.82 bits per heavy atom. The number of para-hydroxylation sites is 1. The molecule has 2 aromatic carbocycles. The van der Waals surface area contributed by atoms with E-state index in [1.165, 1.54) is 0 Å². The Bertz CT molecular complexity index is 803. The van der Waals surface area contributed by atoms with E-state index < -0.39 is 0 Å². The Labute approximate surface area is 132 Å². The lowest BCUT2D eigenvalue weighted by Gasteiger charge is -2.07. The van der Waals surface area contributed by atoms with Crippen molar-refractivity contribution in [2.45, 2.75) is 0 Å². The molecule has 1 aromatic heterocycles. The normalized spacial score (nSPS) is 10.4. The first-order chi connectivity index (χ1) is 10.7. The van der Waals surface area contributed by atoms with E-state index in [1.807, 2.05) is 30.3 Å². The summed E-state index contributed by atoms with van der Waals surface area (Å²) in [5.74, 6) is 0.826. The third-order valence-electron chi connectivity index (χ3n) is 3.05. The van der Waals surface area contributed by atoms with E-state index in [-0.39, 0.29) is 12.5 Å². The van der Waals surface area contributed by atoms with E-state index in [0.29, 0.717) is 16.6 Å². The van der Waals surface area contributed by atoms with E-state index in [0.717, 1.165) is 10.9 Å². The molecule has 0 atom stereocenters. The summed E-state index contributed by atoms with van der Waals surface area (Å²) in [6.45, 7) is -0.0872. The first kappa shape index (κ1) is 14.4. The van der Waals surface area contributed by atoms with Crippen molar-refractivity contribution in [1.82, 2.24) is 4.98 Å². The van der Waals surface area contributed by atoms with Crippen LogP contribution in [0.4, 0.5) is 5.82 Å². The number of hydrogen-bond donors (Lipinski definition) is 1. The number of carbonyl (C=O) groups is 1. The van der Waals surface area contributed by atoms with Gasteiger partial charge < -0.3 is 10.1 Å². The molecule has 0 fully saturated rings. The van der Waals surface area contributed by atoms with Crippen molar-refractivity contribution in [3.63, 3.8) is 0 Å². The van der Waals surface area contributed by atoms with Gasteiger partial charge in [0.25, 0.3) is 5.91 Å². The average molecular weight is 313 g/mol. The Morgan fingerprint density at radius 3 is 2.64 bits per heavy atom. The second kappa shape index (κ2) is 6.45. The predicted molar refractivity (Wildman–Crippen MR) is 87.3 cm³/mol. The molecule has 0 spiro atoms. The lowest BCUT2D eigenvalue weighted by Crippen LogP contribution is -2.20. The van der Waals surface area contributed by atoms with Crippen LogP contribution in [0.3, 0.4) is 0 Å². The van der Waals surface area contributed by atoms with Crippen LogP contribution in [0.1, 0.15) is 0 Å². The van der Waals surface area contributed by atoms with E-state index in [9.17, 15) is 4.79 Å². The molecule has 3 aromatic rings. The molecule has 0 bridgehead atoms. The fourth-order valence-electron chi connectivity index (χ4n) is 1.99. The number of halogens is 1. The Morgan fingerprint density at radius 1 is 1.05 bits per heavy atom. The van der Waals surface area contributed by atoms with Gasteiger partial charge in [-0.2, -0.15) is 0 Å². The van der Waals surface area contributed by atoms with Gasteiger partial charge >= 0.3 is 0 Å². The first-order valence-electron chi connectivity index (χ1n) is 6.75. The maximum atomic E-state index is 11.9. The van der Waals surface area contributed by atoms with E-state index >= 15 is 0 Å². The number of hydrogen-bond acceptors (Lipinski definition) is 3. The van der Waals surface area contributed by atoms with Crippen LogP contribution in [0.5, 0.6) is 5.75 Å². The second-order valence-electron chi connectivity index (χ2n) is 4.68. The number of nitrogens with one attached hydrogen (secondary N) is 1. The smallest absolute Gasteiger partial charge is 0.263 e. The highest BCUT2D eigenvalue weighted by molar-refractivity contribution is 6.30. The van der Waals surface area contributed by atoms with Crippen LogP contribution in [-0.4, -0.2) is 17.5 Å². The summed E-state index contributed by atoms with van der Waals surface area (Å²) in [5, 5.41) is 4.36. The number of ether oxygens (including phenoxy) is 1. The van der Waals surface area contributed by atoms with Crippen molar-refractivity contribution >= 4 is 34.2 Å². The zero-order chi connectivity index (χ0) is 15.4. The molecule has 5 heteroatoms. The SMILES string of the molecule is O=C(COc1ccc(Cl)cc1)Nc1ccc2ccccc2n1. The Kier molecular flexibility index (Phi) is 4.21. The van der Waals surface area contributed by atoms with Crippen LogP contribution in [0.2, 0.25) is 5.02 Å². The molecule has 3 rings (SSSR count). The maximum absolute atomic E-state index is 11.9. The highest BCUT2D eigenvalue weighted by Gasteiger charge is 2.05. The second-order valence-corrected chi connectivity index (χ2v) is 5.12. The van der Waals surface area contributed by atoms with Crippen molar-refractivity contribution in [1.29, 1.82) is 0 Å². The Hall–Kier alpha value is -2.59. The van der Waals surface area contributed by atoms with Crippen molar-refractivity contribution in [2.75, 3.05) is 11.9 Å². The van der Waals surface area contributed by atoms with E-state index in [2.05, 4.69) is 10.3 Å². The zero-order valence-corrected chi connectivity index (χ0v) is 12.4. The van der Waals surface area contributed by atoms with E-state index in [1.54, 1.807) is 30.3 Å². The molecular formula is C17H13ClN2O2. The number of rotatable bonds is 4. The van der Waals surface area contributed by atoms with Crippen molar-refractivity contribution < 1.29 is 9.53 Å². The first-order valence-corrected chi connectivity index (χ1v) is 7.12. The lowest BCUT2D eigenvalue weighted by atomic mass is 10.2. The highest BCUT2D eigenvalue weighted by Crippen LogP contribution is 2.16. The van der Waals surface area contributed by atoms with Crippen molar-refractivity contribution in [3.05, 3.63) is 65.7 Å². The number of carbonyl (C=O) groups excluding carboxylic acids is 1. The van der Waals surface area contributed by atoms with Gasteiger partial charge in [-0.1, -0.05) is 29.8 Å². The number of fused-ring (bicyclic) bond motifs is 1. The predicted octanol–water partition coefficient (Wildman–Crippen LogP) is 3.91. The molecule has 0 aliphatic rings. The van der Waals surface area contributed by atoms with Gasteiger partial charge in [-0.15, -0.1) is 0 Å². The number of amides is 1. The van der Waals surface area contributed by atoms with Gasteiger partial charge in [0.05, 0.1) is 5.52 Å². The van der Waals surface area contributed by atoms with Crippen molar-refractivity contribution in [2.24, 2.45) is 0 Å². The molecule has 0 saturated carbocycles. The van der Waals surface area contributed by atoms with Crippen molar-refractivity contribution in [3.8, 4) is 5.75 Å². The van der Waals surface area contributed by atoms with Gasteiger partial charge in [0, 0.05) is 10.4 Å². The van der Waals surface area contributed by atoms with Crippen LogP contribution in [0.25, 0.3) is 10.9 Å². The highest BCUT2D eigenvalue weighted by atomic mass is 35.5. The van der Waals surface area contributed by atoms with Gasteiger partial charge in [0.15, 0.2) is 6.61 Å². The monoisotopic (exact) mass is 312 g/mol. The number of benzene rings is 2. The zero-order valence-electron chi connectivity index (χ0n) is 11.6. The third kappa shape index (κ3) is 3.54. The molecule has 0 unspecified atom stereocenters. The fraction of sp³-hybridized carbons (Fsp3) is 0.0588. The minimum atomic E-state index is -0.266. The molecule has 22 heavy (non-hydrogen) atoms. The number of anilines is 1. The molecule has 0 aliphatic heterocycles. The van der Waals surface area contributed by atoms with Crippen LogP contribution < -0.4 is 10.1 Å². The average Bonchev–Trinajstić information content (AvgIpc) is 2.54. The fourth-order valence-corrected chi connectivity index (χ4v) is 2.12. The minimum Gasteiger partial charge on any atom is -0.484 e. The summed E-state index contributed by atoms with van der Waals surface area (Å²) in [6, 6.07) is 18.2. The largest absolute Gasteiger partial charge is 0.484 e. The van der Waals surface area contributed by atoms with Crippen LogP contribution in [-0.2, 0) is 4.79 Å². The number of aromatic nitrogens is 1. The van der Waals surface area contributed by atoms with Gasteiger partial charge in [0.2, 0.25) is 0 Å². The van der Waals surface area contributed by atoms with Gasteiger partial charge in [-0.3, -0.25) is 4.79 Å². The van der Waals surface area contributed by atoms with Crippen LogP contribution in [0, 0.1) is 0 Å². The summed E-state index contributed by atoms with van der Waals surface area (Å²) in [4.78, 5) is 16.3. The van der Waals surface area contributed by atoms with Crippen LogP contribution in [0.15, 0.2) is 60.7 Å². The molecule has 1 N–H and O–H groups in total. The summed E-state index contributed by atoms with van der Waals surface area (Å²) in [5.41, 5.74) is 0.832. The molecule has 110 valence electrons. The Balaban J connectivity index is 1.61. The molecule has 4 nitrogen and oxygen atoms in total. The molecular weight excluding hydrogens is 300 g/mol. The third-order valence-corrected chi connectivity index (χ3v) is 3.30. The maximum Gasteiger partial charge on any atom is 0.263 e. The topological polar surface area (TPSA) is 51.2 Å². The van der Waals surface area contributed by atoms with Crippen LogP contribution >= 0.6 is 11.6 Å². The summed E-state index contributed by atoms with van der Waals surface area (Å²) in [6.07, 6.45) is 0. The van der Waals surface area contributed by atoms with Gasteiger partial charge in [-0.05, 0) is 42.5 Å². The minimum absolute atomic E-state index is 0.0872. The molecule has 1 amide bonds. The summed E-state index contributed by atoms with van der Waals surface area (Å²) >= 11 is 5.79. The summed E-state index contributed by atoms with van der Waals surface area (Å²) in [7, 11) is 0. The van der Waals surface area contributed by atoms with E-state index in [4.69, 9.17) is 16.3 Å². The quantitative estimate of drug-likeness (QED) is 0.794. The molecule has 0 saturated heterocycles. The molecule has 0 aliphatic carbocycles. The van der Waals surface area contributed by atoms with Gasteiger partial charge in [-0.25, -0.2) is 4.98 Å². The summed E-state index contributed by atoms with van der Waals surface area (Å²) < 4.78 is 5.38. The molecule has 0 radical (unpaired) electrons. The molecule has 1 heterocycles. The number of pyridine rings is 1. The standard InChI is InChI=1S/C17H13ClN2O2/c18-13-6-8-14(9-7-13)22-11-17(21)20-16-10-5-12-3-1-2-4-15(12)19-16/h1-10H,11H2,(H,19,20,21). The lowest BCUT2D eigenvalue weighted by molar-refractivity contribution is -0.118.